The highest BCUT2D eigenvalue weighted by molar-refractivity contribution is 5.78. The number of ether oxygens (including phenoxy) is 1. The van der Waals surface area contributed by atoms with Crippen LogP contribution in [0.1, 0.15) is 30.7 Å². The summed E-state index contributed by atoms with van der Waals surface area (Å²) in [6, 6.07) is 22.1. The summed E-state index contributed by atoms with van der Waals surface area (Å²) < 4.78 is 5.88. The second-order valence-corrected chi connectivity index (χ2v) is 8.17. The topological polar surface area (TPSA) is 57.7 Å². The molecule has 0 atom stereocenters. The first kappa shape index (κ1) is 25.2. The third-order valence-electron chi connectivity index (χ3n) is 5.68. The minimum Gasteiger partial charge on any atom is -0.487 e. The summed E-state index contributed by atoms with van der Waals surface area (Å²) in [6.45, 7) is 9.24. The van der Waals surface area contributed by atoms with E-state index in [9.17, 15) is 4.79 Å². The first-order valence-electron chi connectivity index (χ1n) is 12.1. The van der Waals surface area contributed by atoms with E-state index in [1.54, 1.807) is 6.20 Å². The molecule has 1 aromatic heterocycles. The molecule has 180 valence electrons. The number of rotatable bonds is 8. The van der Waals surface area contributed by atoms with Crippen LogP contribution in [0.5, 0.6) is 5.75 Å². The predicted octanol–water partition coefficient (Wildman–Crippen LogP) is 4.30. The monoisotopic (exact) mass is 460 g/mol. The third-order valence-corrected chi connectivity index (χ3v) is 5.68. The van der Waals surface area contributed by atoms with Crippen LogP contribution in [0.4, 0.5) is 5.69 Å². The van der Waals surface area contributed by atoms with Crippen molar-refractivity contribution in [2.45, 2.75) is 33.4 Å². The number of hydrogen-bond acceptors (Lipinski definition) is 5. The maximum Gasteiger partial charge on any atom is 0.224 e. The van der Waals surface area contributed by atoms with Gasteiger partial charge in [0.05, 0.1) is 24.9 Å². The summed E-state index contributed by atoms with van der Waals surface area (Å²) in [7, 11) is 2.17. The number of nitrogens with one attached hydrogen (secondary N) is 1. The molecule has 0 spiro atoms. The van der Waals surface area contributed by atoms with Gasteiger partial charge in [-0.3, -0.25) is 9.78 Å². The molecule has 1 fully saturated rings. The number of benzene rings is 2. The number of nitrogens with zero attached hydrogens (tertiary/aromatic N) is 3. The van der Waals surface area contributed by atoms with E-state index in [0.29, 0.717) is 25.3 Å². The number of anilines is 1. The Bertz CT molecular complexity index is 983. The second-order valence-electron chi connectivity index (χ2n) is 8.17. The molecule has 4 rings (SSSR count). The van der Waals surface area contributed by atoms with Crippen LogP contribution in [-0.4, -0.2) is 49.0 Å². The molecule has 1 aliphatic heterocycles. The molecule has 1 aliphatic rings. The highest BCUT2D eigenvalue weighted by Crippen LogP contribution is 2.18. The molecule has 1 N–H and O–H groups in total. The number of piperazine rings is 1. The van der Waals surface area contributed by atoms with Gasteiger partial charge < -0.3 is 19.9 Å². The smallest absolute Gasteiger partial charge is 0.224 e. The Kier molecular flexibility index (Phi) is 9.92. The fraction of sp³-hybridized carbons (Fsp3) is 0.357. The minimum atomic E-state index is -0.0154. The Hall–Kier alpha value is -3.38. The van der Waals surface area contributed by atoms with Crippen molar-refractivity contribution >= 4 is 11.6 Å². The van der Waals surface area contributed by atoms with E-state index in [1.165, 1.54) is 5.69 Å². The molecule has 6 nitrogen and oxygen atoms in total. The molecule has 0 unspecified atom stereocenters. The zero-order valence-corrected chi connectivity index (χ0v) is 20.5. The van der Waals surface area contributed by atoms with E-state index in [0.717, 1.165) is 43.0 Å². The molecule has 3 aromatic rings. The van der Waals surface area contributed by atoms with Crippen LogP contribution in [-0.2, 0) is 24.4 Å². The van der Waals surface area contributed by atoms with Gasteiger partial charge in [-0.05, 0) is 42.4 Å². The van der Waals surface area contributed by atoms with E-state index in [-0.39, 0.29) is 5.91 Å². The number of pyridine rings is 1. The summed E-state index contributed by atoms with van der Waals surface area (Å²) in [4.78, 5) is 21.3. The van der Waals surface area contributed by atoms with Crippen molar-refractivity contribution in [1.29, 1.82) is 0 Å². The van der Waals surface area contributed by atoms with Crippen LogP contribution >= 0.6 is 0 Å². The van der Waals surface area contributed by atoms with Crippen LogP contribution < -0.4 is 15.0 Å². The number of amides is 1. The summed E-state index contributed by atoms with van der Waals surface area (Å²) in [5.41, 5.74) is 4.19. The summed E-state index contributed by atoms with van der Waals surface area (Å²) in [5, 5.41) is 2.91. The van der Waals surface area contributed by atoms with E-state index in [1.807, 2.05) is 56.3 Å². The first-order chi connectivity index (χ1) is 16.7. The minimum absolute atomic E-state index is 0.0154. The number of aromatic nitrogens is 1. The Balaban J connectivity index is 0.00000158. The molecule has 1 saturated heterocycles. The average molecular weight is 461 g/mol. The first-order valence-corrected chi connectivity index (χ1v) is 12.1. The lowest BCUT2D eigenvalue weighted by Crippen LogP contribution is -2.44. The van der Waals surface area contributed by atoms with Gasteiger partial charge in [0.2, 0.25) is 5.91 Å². The predicted molar refractivity (Wildman–Crippen MR) is 138 cm³/mol. The molecule has 6 heteroatoms. The average Bonchev–Trinajstić information content (AvgIpc) is 2.89. The van der Waals surface area contributed by atoms with Crippen molar-refractivity contribution in [2.24, 2.45) is 0 Å². The van der Waals surface area contributed by atoms with E-state index >= 15 is 0 Å². The SMILES string of the molecule is CC.CN1CCN(c2ccc(COc3ccc(CNC(=O)Cc4ccccc4)nc3)cc2)CC1. The maximum absolute atomic E-state index is 12.1. The number of likely N-dealkylation sites (N-methyl/N-ethyl adjacent to an activating group) is 1. The fourth-order valence-corrected chi connectivity index (χ4v) is 3.67. The largest absolute Gasteiger partial charge is 0.487 e. The van der Waals surface area contributed by atoms with Gasteiger partial charge in [0.25, 0.3) is 0 Å². The van der Waals surface area contributed by atoms with E-state index < -0.39 is 0 Å². The lowest BCUT2D eigenvalue weighted by Gasteiger charge is -2.34. The van der Waals surface area contributed by atoms with Crippen LogP contribution in [0.2, 0.25) is 0 Å². The highest BCUT2D eigenvalue weighted by atomic mass is 16.5. The Labute approximate surface area is 203 Å². The van der Waals surface area contributed by atoms with Gasteiger partial charge in [0.1, 0.15) is 12.4 Å². The van der Waals surface area contributed by atoms with Crippen molar-refractivity contribution in [3.8, 4) is 5.75 Å². The highest BCUT2D eigenvalue weighted by Gasteiger charge is 2.14. The van der Waals surface area contributed by atoms with Gasteiger partial charge in [0, 0.05) is 31.9 Å². The molecule has 1 amide bonds. The molecule has 0 saturated carbocycles. The van der Waals surface area contributed by atoms with E-state index in [4.69, 9.17) is 4.74 Å². The lowest BCUT2D eigenvalue weighted by molar-refractivity contribution is -0.120. The summed E-state index contributed by atoms with van der Waals surface area (Å²) >= 11 is 0. The van der Waals surface area contributed by atoms with Crippen molar-refractivity contribution in [3.05, 3.63) is 89.7 Å². The number of hydrogen-bond donors (Lipinski definition) is 1. The molecule has 2 heterocycles. The van der Waals surface area contributed by atoms with Crippen LogP contribution in [0.25, 0.3) is 0 Å². The Morgan fingerprint density at radius 2 is 1.62 bits per heavy atom. The Morgan fingerprint density at radius 3 is 2.26 bits per heavy atom. The van der Waals surface area contributed by atoms with Crippen molar-refractivity contribution in [1.82, 2.24) is 15.2 Å². The van der Waals surface area contributed by atoms with Gasteiger partial charge in [-0.2, -0.15) is 0 Å². The molecular formula is C28H36N4O2. The van der Waals surface area contributed by atoms with Gasteiger partial charge in [-0.25, -0.2) is 0 Å². The summed E-state index contributed by atoms with van der Waals surface area (Å²) in [6.07, 6.45) is 2.08. The lowest BCUT2D eigenvalue weighted by atomic mass is 10.1. The molecule has 34 heavy (non-hydrogen) atoms. The van der Waals surface area contributed by atoms with Crippen molar-refractivity contribution < 1.29 is 9.53 Å². The van der Waals surface area contributed by atoms with Crippen LogP contribution in [0, 0.1) is 0 Å². The summed E-state index contributed by atoms with van der Waals surface area (Å²) in [5.74, 6) is 0.700. The third kappa shape index (κ3) is 7.89. The fourth-order valence-electron chi connectivity index (χ4n) is 3.67. The zero-order chi connectivity index (χ0) is 24.2. The Morgan fingerprint density at radius 1 is 0.912 bits per heavy atom. The van der Waals surface area contributed by atoms with Crippen LogP contribution in [0.3, 0.4) is 0 Å². The number of carbonyl (C=O) groups is 1. The van der Waals surface area contributed by atoms with Crippen molar-refractivity contribution in [3.63, 3.8) is 0 Å². The normalized spacial score (nSPS) is 13.6. The van der Waals surface area contributed by atoms with Crippen LogP contribution in [0.15, 0.2) is 72.9 Å². The van der Waals surface area contributed by atoms with Gasteiger partial charge in [0.15, 0.2) is 0 Å². The molecule has 0 radical (unpaired) electrons. The van der Waals surface area contributed by atoms with E-state index in [2.05, 4.69) is 51.4 Å². The quantitative estimate of drug-likeness (QED) is 0.543. The van der Waals surface area contributed by atoms with Gasteiger partial charge in [-0.15, -0.1) is 0 Å². The molecule has 2 aromatic carbocycles. The van der Waals surface area contributed by atoms with Gasteiger partial charge in [-0.1, -0.05) is 56.3 Å². The second kappa shape index (κ2) is 13.4. The van der Waals surface area contributed by atoms with Gasteiger partial charge >= 0.3 is 0 Å². The molecule has 0 bridgehead atoms. The number of carbonyl (C=O) groups excluding carboxylic acids is 1. The standard InChI is InChI=1S/C26H30N4O2.C2H6/c1-29-13-15-30(16-14-29)24-10-7-22(8-11-24)20-32-25-12-9-23(27-19-25)18-28-26(31)17-21-5-3-2-4-6-21;1-2/h2-12,19H,13-18,20H2,1H3,(H,28,31);1-2H3. The maximum atomic E-state index is 12.1. The zero-order valence-electron chi connectivity index (χ0n) is 20.5. The molecular weight excluding hydrogens is 424 g/mol. The molecule has 0 aliphatic carbocycles. The van der Waals surface area contributed by atoms with Crippen molar-refractivity contribution in [2.75, 3.05) is 38.1 Å².